The van der Waals surface area contributed by atoms with E-state index in [-0.39, 0.29) is 57.9 Å². The Bertz CT molecular complexity index is 1210. The summed E-state index contributed by atoms with van der Waals surface area (Å²) >= 11 is 0. The molecular formula is C34H50O8. The van der Waals surface area contributed by atoms with Crippen LogP contribution in [0.1, 0.15) is 106 Å². The lowest BCUT2D eigenvalue weighted by atomic mass is 9.42. The lowest BCUT2D eigenvalue weighted by molar-refractivity contribution is -0.173. The fourth-order valence-electron chi connectivity index (χ4n) is 10.1. The molecule has 9 atom stereocenters. The molecule has 0 spiro atoms. The molecule has 0 bridgehead atoms. The number of ketones is 1. The fraction of sp³-hybridized carbons (Fsp3) is 0.765. The number of Topliss-reactive ketones (excluding diaryl/α,β-unsaturated/α-hetero) is 1. The molecule has 8 heteroatoms. The van der Waals surface area contributed by atoms with Gasteiger partial charge in [0.25, 0.3) is 0 Å². The van der Waals surface area contributed by atoms with Crippen LogP contribution in [0.15, 0.2) is 23.3 Å². The number of aliphatic hydroxyl groups excluding tert-OH is 1. The Morgan fingerprint density at radius 3 is 2.21 bits per heavy atom. The zero-order valence-electron chi connectivity index (χ0n) is 26.4. The lowest BCUT2D eigenvalue weighted by Crippen LogP contribution is -2.58. The minimum Gasteiger partial charge on any atom is -0.481 e. The summed E-state index contributed by atoms with van der Waals surface area (Å²) in [7, 11) is 0. The molecule has 4 rings (SSSR count). The second-order valence-electron chi connectivity index (χ2n) is 15.0. The molecule has 0 unspecified atom stereocenters. The smallest absolute Gasteiger partial charge is 0.317 e. The number of esters is 1. The predicted octanol–water partition coefficient (Wildman–Crippen LogP) is 5.97. The summed E-state index contributed by atoms with van der Waals surface area (Å²) < 4.78 is 5.74. The Morgan fingerprint density at radius 1 is 0.976 bits per heavy atom. The fourth-order valence-corrected chi connectivity index (χ4v) is 10.1. The van der Waals surface area contributed by atoms with Crippen LogP contribution in [-0.2, 0) is 23.9 Å². The van der Waals surface area contributed by atoms with Crippen LogP contribution in [0.2, 0.25) is 0 Å². The van der Waals surface area contributed by atoms with Crippen molar-refractivity contribution in [2.24, 2.45) is 45.3 Å². The summed E-state index contributed by atoms with van der Waals surface area (Å²) in [6.45, 7) is 18.4. The van der Waals surface area contributed by atoms with E-state index in [1.165, 1.54) is 18.1 Å². The van der Waals surface area contributed by atoms with Crippen molar-refractivity contribution in [2.75, 3.05) is 0 Å². The number of aliphatic carboxylic acids is 2. The molecule has 0 aliphatic heterocycles. The summed E-state index contributed by atoms with van der Waals surface area (Å²) in [6, 6.07) is 0. The topological polar surface area (TPSA) is 138 Å². The maximum atomic E-state index is 13.0. The first kappa shape index (κ1) is 32.4. The Labute approximate surface area is 250 Å². The zero-order valence-corrected chi connectivity index (χ0v) is 26.4. The second kappa shape index (κ2) is 10.9. The first-order valence-electron chi connectivity index (χ1n) is 15.6. The highest BCUT2D eigenvalue weighted by Gasteiger charge is 2.66. The van der Waals surface area contributed by atoms with Crippen molar-refractivity contribution >= 4 is 23.7 Å². The van der Waals surface area contributed by atoms with Crippen molar-refractivity contribution in [3.63, 3.8) is 0 Å². The van der Waals surface area contributed by atoms with Crippen LogP contribution < -0.4 is 0 Å². The van der Waals surface area contributed by atoms with Crippen LogP contribution in [0.4, 0.5) is 0 Å². The normalized spacial score (nSPS) is 38.4. The maximum absolute atomic E-state index is 13.0. The van der Waals surface area contributed by atoms with Crippen LogP contribution in [0.3, 0.4) is 0 Å². The van der Waals surface area contributed by atoms with Crippen molar-refractivity contribution in [3.8, 4) is 0 Å². The average molecular weight is 587 g/mol. The highest BCUT2D eigenvalue weighted by atomic mass is 16.5. The van der Waals surface area contributed by atoms with Crippen LogP contribution in [0.5, 0.6) is 0 Å². The third-order valence-corrected chi connectivity index (χ3v) is 12.8. The molecule has 2 fully saturated rings. The largest absolute Gasteiger partial charge is 0.481 e. The predicted molar refractivity (Wildman–Crippen MR) is 157 cm³/mol. The number of ether oxygens (including phenoxy) is 1. The summed E-state index contributed by atoms with van der Waals surface area (Å²) in [4.78, 5) is 47.8. The molecule has 8 nitrogen and oxygen atoms in total. The number of carbonyl (C=O) groups excluding carboxylic acids is 2. The molecule has 4 aliphatic carbocycles. The molecule has 0 amide bonds. The number of carboxylic acids is 2. The lowest BCUT2D eigenvalue weighted by Gasteiger charge is -2.63. The maximum Gasteiger partial charge on any atom is 0.317 e. The number of fused-ring (bicyclic) bond motifs is 4. The molecule has 2 saturated carbocycles. The Balaban J connectivity index is 1.61. The Kier molecular flexibility index (Phi) is 8.42. The van der Waals surface area contributed by atoms with E-state index in [4.69, 9.17) is 9.84 Å². The van der Waals surface area contributed by atoms with Crippen molar-refractivity contribution in [3.05, 3.63) is 23.3 Å². The summed E-state index contributed by atoms with van der Waals surface area (Å²) in [5.41, 5.74) is 1.77. The molecule has 0 saturated heterocycles. The van der Waals surface area contributed by atoms with E-state index >= 15 is 0 Å². The number of hydrogen-bond donors (Lipinski definition) is 3. The van der Waals surface area contributed by atoms with Gasteiger partial charge in [-0.25, -0.2) is 0 Å². The van der Waals surface area contributed by atoms with Crippen molar-refractivity contribution in [1.82, 2.24) is 0 Å². The molecule has 0 aromatic rings. The minimum absolute atomic E-state index is 0.0272. The first-order valence-corrected chi connectivity index (χ1v) is 15.6. The molecule has 0 heterocycles. The number of carbonyl (C=O) groups is 4. The van der Waals surface area contributed by atoms with Gasteiger partial charge in [0.15, 0.2) is 5.78 Å². The number of aliphatic hydroxyl groups is 1. The number of carboxylic acid groups (broad SMARTS) is 2. The van der Waals surface area contributed by atoms with E-state index in [0.717, 1.165) is 32.1 Å². The molecule has 3 N–H and O–H groups in total. The van der Waals surface area contributed by atoms with E-state index in [1.807, 2.05) is 0 Å². The van der Waals surface area contributed by atoms with Gasteiger partial charge in [-0.15, -0.1) is 0 Å². The minimum atomic E-state index is -1.19. The van der Waals surface area contributed by atoms with Gasteiger partial charge < -0.3 is 20.1 Å². The van der Waals surface area contributed by atoms with Gasteiger partial charge in [0.2, 0.25) is 0 Å². The highest BCUT2D eigenvalue weighted by Crippen LogP contribution is 2.72. The van der Waals surface area contributed by atoms with E-state index < -0.39 is 41.8 Å². The van der Waals surface area contributed by atoms with Gasteiger partial charge in [0.1, 0.15) is 12.5 Å². The second-order valence-corrected chi connectivity index (χ2v) is 15.0. The molecule has 0 aromatic carbocycles. The van der Waals surface area contributed by atoms with Crippen molar-refractivity contribution < 1.29 is 39.2 Å². The van der Waals surface area contributed by atoms with Crippen LogP contribution in [-0.4, -0.2) is 51.2 Å². The first-order chi connectivity index (χ1) is 19.3. The van der Waals surface area contributed by atoms with Crippen LogP contribution in [0.25, 0.3) is 0 Å². The van der Waals surface area contributed by atoms with Crippen LogP contribution >= 0.6 is 0 Å². The summed E-state index contributed by atoms with van der Waals surface area (Å²) in [5.74, 6) is -3.77. The van der Waals surface area contributed by atoms with Gasteiger partial charge >= 0.3 is 17.9 Å². The molecular weight excluding hydrogens is 536 g/mol. The van der Waals surface area contributed by atoms with Gasteiger partial charge in [-0.3, -0.25) is 19.2 Å². The molecule has 0 aromatic heterocycles. The standard InChI is InChI=1S/C34H50O8/c1-18(15-24(35)19(2)20(3)30(40)41)21-11-14-33(7)22-9-10-25-31(4,5)27(42-29(39)17-28(37)38)12-13-32(25,6)23(22)16-26(36)34(21,33)8/h18,20-21,25-27,36H,2,9-17H2,1,3-8H3,(H,37,38)(H,40,41)/t18-,20-,21-,25+,26-,27-,32-,33+,34+/m1/s1. The van der Waals surface area contributed by atoms with Gasteiger partial charge in [-0.05, 0) is 80.5 Å². The average Bonchev–Trinajstić information content (AvgIpc) is 3.17. The van der Waals surface area contributed by atoms with Gasteiger partial charge in [-0.2, -0.15) is 0 Å². The quantitative estimate of drug-likeness (QED) is 0.130. The van der Waals surface area contributed by atoms with Gasteiger partial charge in [-0.1, -0.05) is 59.3 Å². The molecule has 4 aliphatic rings. The SMILES string of the molecule is C=C(C(=O)C[C@@H](C)[C@H]1CC[C@@]2(C)C3=C(C[C@@H](O)[C@]12C)[C@@]1(C)CC[C@@H](OC(=O)CC(=O)O)C(C)(C)[C@@H]1CC3)[C@@H](C)C(=O)O. The van der Waals surface area contributed by atoms with Gasteiger partial charge in [0.05, 0.1) is 12.0 Å². The molecule has 234 valence electrons. The molecule has 0 radical (unpaired) electrons. The highest BCUT2D eigenvalue weighted by molar-refractivity contribution is 5.99. The number of hydrogen-bond acceptors (Lipinski definition) is 6. The molecule has 42 heavy (non-hydrogen) atoms. The van der Waals surface area contributed by atoms with E-state index in [9.17, 15) is 29.4 Å². The van der Waals surface area contributed by atoms with Gasteiger partial charge in [0, 0.05) is 22.8 Å². The Hall–Kier alpha value is -2.48. The third-order valence-electron chi connectivity index (χ3n) is 12.8. The van der Waals surface area contributed by atoms with Crippen LogP contribution in [0, 0.1) is 45.3 Å². The van der Waals surface area contributed by atoms with E-state index in [2.05, 4.69) is 48.1 Å². The van der Waals surface area contributed by atoms with E-state index in [1.54, 1.807) is 0 Å². The summed E-state index contributed by atoms with van der Waals surface area (Å²) in [5, 5.41) is 30.4. The van der Waals surface area contributed by atoms with Crippen molar-refractivity contribution in [1.29, 1.82) is 0 Å². The zero-order chi connectivity index (χ0) is 31.6. The van der Waals surface area contributed by atoms with E-state index in [0.29, 0.717) is 12.8 Å². The number of allylic oxidation sites excluding steroid dienone is 1. The Morgan fingerprint density at radius 2 is 1.62 bits per heavy atom. The van der Waals surface area contributed by atoms with Crippen molar-refractivity contribution in [2.45, 2.75) is 118 Å². The monoisotopic (exact) mass is 586 g/mol. The number of rotatable bonds is 9. The third kappa shape index (κ3) is 4.86. The summed E-state index contributed by atoms with van der Waals surface area (Å²) in [6.07, 6.45) is 4.33.